The molecular weight excluding hydrogens is 362 g/mol. The third-order valence-corrected chi connectivity index (χ3v) is 6.51. The maximum atomic E-state index is 12.8. The number of rotatable bonds is 4. The molecule has 0 saturated carbocycles. The summed E-state index contributed by atoms with van der Waals surface area (Å²) >= 11 is 1.51. The molecule has 1 atom stereocenters. The summed E-state index contributed by atoms with van der Waals surface area (Å²) in [5.41, 5.74) is 1.61. The normalized spacial score (nSPS) is 23.2. The lowest BCUT2D eigenvalue weighted by atomic mass is 9.73. The molecule has 0 aromatic carbocycles. The van der Waals surface area contributed by atoms with E-state index >= 15 is 0 Å². The maximum absolute atomic E-state index is 12.8. The fraction of sp³-hybridized carbons (Fsp3) is 0.579. The van der Waals surface area contributed by atoms with Crippen LogP contribution in [0.3, 0.4) is 0 Å². The summed E-state index contributed by atoms with van der Waals surface area (Å²) < 4.78 is 0. The van der Waals surface area contributed by atoms with E-state index in [2.05, 4.69) is 15.0 Å². The molecule has 1 N–H and O–H groups in total. The van der Waals surface area contributed by atoms with Crippen molar-refractivity contribution in [2.75, 3.05) is 26.2 Å². The number of aromatic amines is 1. The van der Waals surface area contributed by atoms with Crippen molar-refractivity contribution in [3.8, 4) is 0 Å². The smallest absolute Gasteiger partial charge is 0.273 e. The number of carbonyl (C=O) groups is 2. The number of carbonyl (C=O) groups excluding carboxylic acids is 2. The number of piperidine rings is 2. The first-order chi connectivity index (χ1) is 13.0. The standard InChI is InChI=1S/C19H25N5O2S/c1-14-22-16(10-27-14)18(26)24-7-2-5-19(12-24)6-3-17(25)23(11-19)8-4-15-9-20-13-21-15/h9-10,13H,2-8,11-12H2,1H3,(H,20,21)/t19-/m0/s1. The van der Waals surface area contributed by atoms with Crippen LogP contribution in [0, 0.1) is 12.3 Å². The Morgan fingerprint density at radius 1 is 1.37 bits per heavy atom. The second-order valence-electron chi connectivity index (χ2n) is 7.72. The van der Waals surface area contributed by atoms with Crippen LogP contribution >= 0.6 is 11.3 Å². The summed E-state index contributed by atoms with van der Waals surface area (Å²) in [6.07, 6.45) is 7.74. The fourth-order valence-electron chi connectivity index (χ4n) is 4.32. The molecule has 0 unspecified atom stereocenters. The Bertz CT molecular complexity index is 818. The monoisotopic (exact) mass is 387 g/mol. The maximum Gasteiger partial charge on any atom is 0.273 e. The van der Waals surface area contributed by atoms with E-state index < -0.39 is 0 Å². The second kappa shape index (κ2) is 7.42. The Morgan fingerprint density at radius 2 is 2.26 bits per heavy atom. The first kappa shape index (κ1) is 18.2. The van der Waals surface area contributed by atoms with Gasteiger partial charge in [0.1, 0.15) is 5.69 Å². The van der Waals surface area contributed by atoms with Gasteiger partial charge in [-0.1, -0.05) is 0 Å². The molecule has 0 bridgehead atoms. The van der Waals surface area contributed by atoms with Crippen LogP contribution in [0.1, 0.15) is 46.9 Å². The summed E-state index contributed by atoms with van der Waals surface area (Å²) in [4.78, 5) is 40.7. The van der Waals surface area contributed by atoms with E-state index in [0.29, 0.717) is 18.7 Å². The van der Waals surface area contributed by atoms with Gasteiger partial charge in [0.15, 0.2) is 0 Å². The minimum atomic E-state index is 0.0148. The molecule has 27 heavy (non-hydrogen) atoms. The van der Waals surface area contributed by atoms with Gasteiger partial charge >= 0.3 is 0 Å². The highest BCUT2D eigenvalue weighted by molar-refractivity contribution is 7.09. The minimum absolute atomic E-state index is 0.0148. The van der Waals surface area contributed by atoms with Crippen molar-refractivity contribution in [1.82, 2.24) is 24.8 Å². The van der Waals surface area contributed by atoms with Gasteiger partial charge in [-0.3, -0.25) is 9.59 Å². The number of hydrogen-bond donors (Lipinski definition) is 1. The van der Waals surface area contributed by atoms with Crippen molar-refractivity contribution < 1.29 is 9.59 Å². The van der Waals surface area contributed by atoms with E-state index in [1.807, 2.05) is 22.1 Å². The third-order valence-electron chi connectivity index (χ3n) is 5.74. The zero-order valence-corrected chi connectivity index (χ0v) is 16.4. The number of thiazole rings is 1. The molecule has 2 aliphatic rings. The molecule has 2 aromatic rings. The van der Waals surface area contributed by atoms with Gasteiger partial charge in [-0.25, -0.2) is 9.97 Å². The van der Waals surface area contributed by atoms with E-state index in [1.54, 1.807) is 12.5 Å². The van der Waals surface area contributed by atoms with E-state index in [0.717, 1.165) is 56.0 Å². The Labute approximate surface area is 162 Å². The minimum Gasteiger partial charge on any atom is -0.348 e. The molecular formula is C19H25N5O2S. The highest BCUT2D eigenvalue weighted by atomic mass is 32.1. The van der Waals surface area contributed by atoms with Crippen LogP contribution in [0.5, 0.6) is 0 Å². The van der Waals surface area contributed by atoms with E-state index in [-0.39, 0.29) is 17.2 Å². The van der Waals surface area contributed by atoms with Gasteiger partial charge < -0.3 is 14.8 Å². The molecule has 4 rings (SSSR count). The molecule has 1 spiro atoms. The van der Waals surface area contributed by atoms with Crippen LogP contribution in [0.15, 0.2) is 17.9 Å². The van der Waals surface area contributed by atoms with Crippen LogP contribution in [-0.2, 0) is 11.2 Å². The van der Waals surface area contributed by atoms with Crippen LogP contribution in [-0.4, -0.2) is 62.7 Å². The van der Waals surface area contributed by atoms with Gasteiger partial charge in [0.05, 0.1) is 11.3 Å². The number of aryl methyl sites for hydroxylation is 1. The van der Waals surface area contributed by atoms with Crippen molar-refractivity contribution in [2.24, 2.45) is 5.41 Å². The number of nitrogens with one attached hydrogen (secondary N) is 1. The first-order valence-electron chi connectivity index (χ1n) is 9.51. The lowest BCUT2D eigenvalue weighted by Crippen LogP contribution is -2.55. The largest absolute Gasteiger partial charge is 0.348 e. The summed E-state index contributed by atoms with van der Waals surface area (Å²) in [5, 5.41) is 2.76. The highest BCUT2D eigenvalue weighted by Gasteiger charge is 2.42. The van der Waals surface area contributed by atoms with Crippen LogP contribution in [0.25, 0.3) is 0 Å². The zero-order valence-electron chi connectivity index (χ0n) is 15.6. The van der Waals surface area contributed by atoms with E-state index in [4.69, 9.17) is 0 Å². The molecule has 0 radical (unpaired) electrons. The number of nitrogens with zero attached hydrogens (tertiary/aromatic N) is 4. The van der Waals surface area contributed by atoms with E-state index in [1.165, 1.54) is 11.3 Å². The molecule has 2 fully saturated rings. The molecule has 7 nitrogen and oxygen atoms in total. The van der Waals surface area contributed by atoms with Gasteiger partial charge in [0.25, 0.3) is 5.91 Å². The van der Waals surface area contributed by atoms with Crippen LogP contribution < -0.4 is 0 Å². The van der Waals surface area contributed by atoms with Crippen molar-refractivity contribution >= 4 is 23.2 Å². The Balaban J connectivity index is 1.43. The number of hydrogen-bond acceptors (Lipinski definition) is 5. The SMILES string of the molecule is Cc1nc(C(=O)N2CCC[C@@]3(CCC(=O)N(CCc4cnc[nH]4)C3)C2)cs1. The van der Waals surface area contributed by atoms with Gasteiger partial charge in [0, 0.05) is 61.7 Å². The van der Waals surface area contributed by atoms with Crippen molar-refractivity contribution in [3.63, 3.8) is 0 Å². The number of aromatic nitrogens is 3. The lowest BCUT2D eigenvalue weighted by Gasteiger charge is -2.48. The van der Waals surface area contributed by atoms with Crippen LogP contribution in [0.4, 0.5) is 0 Å². The topological polar surface area (TPSA) is 82.2 Å². The lowest BCUT2D eigenvalue weighted by molar-refractivity contribution is -0.138. The second-order valence-corrected chi connectivity index (χ2v) is 8.79. The summed E-state index contributed by atoms with van der Waals surface area (Å²) in [5.74, 6) is 0.248. The summed E-state index contributed by atoms with van der Waals surface area (Å²) in [6, 6.07) is 0. The third kappa shape index (κ3) is 3.90. The number of amides is 2. The van der Waals surface area contributed by atoms with Gasteiger partial charge in [0.2, 0.25) is 5.91 Å². The highest BCUT2D eigenvalue weighted by Crippen LogP contribution is 2.39. The van der Waals surface area contributed by atoms with Gasteiger partial charge in [-0.2, -0.15) is 0 Å². The number of likely N-dealkylation sites (tertiary alicyclic amines) is 2. The van der Waals surface area contributed by atoms with Crippen molar-refractivity contribution in [3.05, 3.63) is 34.3 Å². The first-order valence-corrected chi connectivity index (χ1v) is 10.4. The number of imidazole rings is 1. The summed E-state index contributed by atoms with van der Waals surface area (Å²) in [6.45, 7) is 4.85. The molecule has 144 valence electrons. The average molecular weight is 388 g/mol. The Kier molecular flexibility index (Phi) is 4.99. The molecule has 2 aromatic heterocycles. The quantitative estimate of drug-likeness (QED) is 0.872. The predicted molar refractivity (Wildman–Crippen MR) is 103 cm³/mol. The Morgan fingerprint density at radius 3 is 3.00 bits per heavy atom. The molecule has 2 aliphatic heterocycles. The molecule has 8 heteroatoms. The van der Waals surface area contributed by atoms with Gasteiger partial charge in [-0.15, -0.1) is 11.3 Å². The fourth-order valence-corrected chi connectivity index (χ4v) is 4.91. The predicted octanol–water partition coefficient (Wildman–Crippen LogP) is 2.26. The van der Waals surface area contributed by atoms with E-state index in [9.17, 15) is 9.59 Å². The van der Waals surface area contributed by atoms with Gasteiger partial charge in [-0.05, 0) is 26.2 Å². The summed E-state index contributed by atoms with van der Waals surface area (Å²) in [7, 11) is 0. The zero-order chi connectivity index (χ0) is 18.9. The van der Waals surface area contributed by atoms with Crippen LogP contribution in [0.2, 0.25) is 0 Å². The molecule has 4 heterocycles. The molecule has 2 saturated heterocycles. The van der Waals surface area contributed by atoms with Crippen molar-refractivity contribution in [2.45, 2.75) is 39.0 Å². The molecule has 0 aliphatic carbocycles. The molecule has 2 amide bonds. The Hall–Kier alpha value is -2.22. The average Bonchev–Trinajstić information content (AvgIpc) is 3.34. The number of H-pyrrole nitrogens is 1. The van der Waals surface area contributed by atoms with Crippen molar-refractivity contribution in [1.29, 1.82) is 0 Å².